The summed E-state index contributed by atoms with van der Waals surface area (Å²) in [5.41, 5.74) is 0.370. The van der Waals surface area contributed by atoms with Crippen molar-refractivity contribution in [3.8, 4) is 0 Å². The highest BCUT2D eigenvalue weighted by Gasteiger charge is 2.32. The summed E-state index contributed by atoms with van der Waals surface area (Å²) in [6.07, 6.45) is -4.46. The predicted octanol–water partition coefficient (Wildman–Crippen LogP) is 6.28. The Bertz CT molecular complexity index is 872. The largest absolute Gasteiger partial charge is 0.416 e. The number of rotatable bonds is 6. The van der Waals surface area contributed by atoms with Gasteiger partial charge >= 0.3 is 6.18 Å². The van der Waals surface area contributed by atoms with E-state index in [-0.39, 0.29) is 22.5 Å². The van der Waals surface area contributed by atoms with Crippen LogP contribution in [0.5, 0.6) is 0 Å². The number of carbonyl (C=O) groups excluding carboxylic acids is 1. The number of amides is 1. The van der Waals surface area contributed by atoms with E-state index in [0.717, 1.165) is 17.7 Å². The average Bonchev–Trinajstić information content (AvgIpc) is 2.62. The summed E-state index contributed by atoms with van der Waals surface area (Å²) in [6, 6.07) is 12.3. The van der Waals surface area contributed by atoms with E-state index in [2.05, 4.69) is 21.2 Å². The van der Waals surface area contributed by atoms with Crippen molar-refractivity contribution in [2.45, 2.75) is 39.5 Å². The quantitative estimate of drug-likeness (QED) is 0.487. The van der Waals surface area contributed by atoms with E-state index in [4.69, 9.17) is 12.2 Å². The lowest BCUT2D eigenvalue weighted by atomic mass is 10.0. The molecule has 0 heterocycles. The maximum atomic E-state index is 13.1. The minimum atomic E-state index is -4.46. The molecule has 0 aromatic heterocycles. The van der Waals surface area contributed by atoms with Crippen LogP contribution in [0, 0.1) is 5.92 Å². The van der Waals surface area contributed by atoms with Gasteiger partial charge in [0.2, 0.25) is 5.91 Å². The molecule has 2 aromatic carbocycles. The van der Waals surface area contributed by atoms with Gasteiger partial charge < -0.3 is 10.2 Å². The van der Waals surface area contributed by atoms with Crippen LogP contribution in [0.4, 0.5) is 18.9 Å². The molecule has 8 heteroatoms. The van der Waals surface area contributed by atoms with Gasteiger partial charge in [0.25, 0.3) is 0 Å². The molecule has 3 nitrogen and oxygen atoms in total. The summed E-state index contributed by atoms with van der Waals surface area (Å²) in [6.45, 7) is 5.65. The first-order chi connectivity index (χ1) is 13.5. The Kier molecular flexibility index (Phi) is 7.82. The van der Waals surface area contributed by atoms with Gasteiger partial charge in [-0.05, 0) is 45.6 Å². The number of nitrogens with one attached hydrogen (secondary N) is 1. The average molecular weight is 487 g/mol. The van der Waals surface area contributed by atoms with Crippen LogP contribution in [0.15, 0.2) is 53.0 Å². The van der Waals surface area contributed by atoms with Crippen molar-refractivity contribution >= 4 is 44.7 Å². The van der Waals surface area contributed by atoms with Crippen LogP contribution in [0.2, 0.25) is 0 Å². The first-order valence-corrected chi connectivity index (χ1v) is 10.2. The molecule has 1 N–H and O–H groups in total. The number of halogens is 4. The topological polar surface area (TPSA) is 32.3 Å². The van der Waals surface area contributed by atoms with Crippen molar-refractivity contribution in [3.05, 3.63) is 64.1 Å². The third-order valence-corrected chi connectivity index (χ3v) is 5.42. The Morgan fingerprint density at radius 1 is 1.17 bits per heavy atom. The molecule has 2 aromatic rings. The smallest absolute Gasteiger partial charge is 0.347 e. The molecule has 0 saturated carbocycles. The van der Waals surface area contributed by atoms with Gasteiger partial charge in [-0.25, -0.2) is 0 Å². The van der Waals surface area contributed by atoms with Crippen LogP contribution in [0.3, 0.4) is 0 Å². The van der Waals surface area contributed by atoms with Gasteiger partial charge in [0, 0.05) is 17.9 Å². The second-order valence-electron chi connectivity index (χ2n) is 7.00. The summed E-state index contributed by atoms with van der Waals surface area (Å²) in [7, 11) is 0. The number of nitrogens with zero attached hydrogens (tertiary/aromatic N) is 1. The Hall–Kier alpha value is -1.93. The summed E-state index contributed by atoms with van der Waals surface area (Å²) in [5.74, 6) is -0.216. The van der Waals surface area contributed by atoms with Gasteiger partial charge in [-0.15, -0.1) is 0 Å². The monoisotopic (exact) mass is 486 g/mol. The van der Waals surface area contributed by atoms with Gasteiger partial charge in [0.05, 0.1) is 17.3 Å². The van der Waals surface area contributed by atoms with Crippen molar-refractivity contribution in [1.82, 2.24) is 4.90 Å². The highest BCUT2D eigenvalue weighted by atomic mass is 79.9. The molecule has 0 aliphatic rings. The summed E-state index contributed by atoms with van der Waals surface area (Å²) < 4.78 is 39.7. The van der Waals surface area contributed by atoms with Crippen LogP contribution in [-0.2, 0) is 17.5 Å². The Morgan fingerprint density at radius 2 is 1.79 bits per heavy atom. The zero-order valence-electron chi connectivity index (χ0n) is 16.3. The van der Waals surface area contributed by atoms with Crippen molar-refractivity contribution in [1.29, 1.82) is 0 Å². The Balaban J connectivity index is 2.32. The first kappa shape index (κ1) is 23.3. The maximum Gasteiger partial charge on any atom is 0.416 e. The number of hydrogen-bond acceptors (Lipinski definition) is 2. The minimum Gasteiger partial charge on any atom is -0.347 e. The summed E-state index contributed by atoms with van der Waals surface area (Å²) >= 11 is 8.80. The number of benzene rings is 2. The van der Waals surface area contributed by atoms with Crippen LogP contribution < -0.4 is 5.32 Å². The predicted molar refractivity (Wildman–Crippen MR) is 117 cm³/mol. The second-order valence-corrected chi connectivity index (χ2v) is 8.30. The van der Waals surface area contributed by atoms with E-state index < -0.39 is 17.8 Å². The third-order valence-electron chi connectivity index (χ3n) is 4.39. The number of hydrogen-bond donors (Lipinski definition) is 1. The van der Waals surface area contributed by atoms with E-state index >= 15 is 0 Å². The molecule has 0 aliphatic heterocycles. The van der Waals surface area contributed by atoms with Crippen molar-refractivity contribution < 1.29 is 18.0 Å². The van der Waals surface area contributed by atoms with E-state index in [1.165, 1.54) is 13.0 Å². The lowest BCUT2D eigenvalue weighted by molar-refractivity contribution is -0.137. The third kappa shape index (κ3) is 6.27. The lowest BCUT2D eigenvalue weighted by Crippen LogP contribution is -2.48. The van der Waals surface area contributed by atoms with Crippen LogP contribution in [0.25, 0.3) is 0 Å². The van der Waals surface area contributed by atoms with Gasteiger partial charge in [0.1, 0.15) is 4.99 Å². The molecule has 2 rings (SSSR count). The van der Waals surface area contributed by atoms with Crippen molar-refractivity contribution in [2.24, 2.45) is 5.92 Å². The molecule has 0 radical (unpaired) electrons. The van der Waals surface area contributed by atoms with E-state index in [9.17, 15) is 18.0 Å². The van der Waals surface area contributed by atoms with Gasteiger partial charge in [-0.2, -0.15) is 13.2 Å². The fourth-order valence-corrected chi connectivity index (χ4v) is 3.85. The zero-order chi connectivity index (χ0) is 21.8. The number of thiocarbonyl (C=S) groups is 1. The molecular weight excluding hydrogens is 465 g/mol. The molecule has 1 unspecified atom stereocenters. The Labute approximate surface area is 182 Å². The fraction of sp³-hybridized carbons (Fsp3) is 0.333. The molecule has 0 bridgehead atoms. The Morgan fingerprint density at radius 3 is 2.31 bits per heavy atom. The molecule has 156 valence electrons. The van der Waals surface area contributed by atoms with Gasteiger partial charge in [-0.1, -0.05) is 56.4 Å². The molecule has 29 heavy (non-hydrogen) atoms. The number of carbonyl (C=O) groups is 1. The van der Waals surface area contributed by atoms with Gasteiger partial charge in [-0.3, -0.25) is 4.79 Å². The molecule has 0 saturated heterocycles. The normalized spacial score (nSPS) is 12.6. The molecular formula is C21H22BrF3N2OS. The maximum absolute atomic E-state index is 13.1. The zero-order valence-corrected chi connectivity index (χ0v) is 18.7. The van der Waals surface area contributed by atoms with E-state index in [1.807, 2.05) is 44.2 Å². The number of alkyl halides is 3. The summed E-state index contributed by atoms with van der Waals surface area (Å²) in [5, 5.41) is 2.92. The number of anilines is 1. The summed E-state index contributed by atoms with van der Waals surface area (Å²) in [4.78, 5) is 14.3. The highest BCUT2D eigenvalue weighted by molar-refractivity contribution is 9.10. The highest BCUT2D eigenvalue weighted by Crippen LogP contribution is 2.34. The van der Waals surface area contributed by atoms with E-state index in [0.29, 0.717) is 11.0 Å². The van der Waals surface area contributed by atoms with Crippen molar-refractivity contribution in [3.63, 3.8) is 0 Å². The van der Waals surface area contributed by atoms with E-state index in [1.54, 1.807) is 4.90 Å². The first-order valence-electron chi connectivity index (χ1n) is 8.99. The minimum absolute atomic E-state index is 0.0489. The van der Waals surface area contributed by atoms with Crippen LogP contribution >= 0.6 is 28.1 Å². The molecule has 0 fully saturated rings. The fourth-order valence-electron chi connectivity index (χ4n) is 2.99. The molecule has 1 amide bonds. The standard InChI is InChI=1S/C21H22BrF3N2OS/c1-13(2)19(27(14(3)28)12-15-7-5-4-6-8-15)20(29)26-18-11-16(21(23,24)25)9-10-17(18)22/h4-11,13,19H,12H2,1-3H3,(H,26,29). The second kappa shape index (κ2) is 9.71. The van der Waals surface area contributed by atoms with Crippen LogP contribution in [0.1, 0.15) is 31.9 Å². The van der Waals surface area contributed by atoms with Gasteiger partial charge in [0.15, 0.2) is 0 Å². The van der Waals surface area contributed by atoms with Crippen molar-refractivity contribution in [2.75, 3.05) is 5.32 Å². The SMILES string of the molecule is CC(=O)N(Cc1ccccc1)C(C(=S)Nc1cc(C(F)(F)F)ccc1Br)C(C)C. The lowest BCUT2D eigenvalue weighted by Gasteiger charge is -2.35. The van der Waals surface area contributed by atoms with Crippen LogP contribution in [-0.4, -0.2) is 21.8 Å². The molecule has 0 aliphatic carbocycles. The molecule has 1 atom stereocenters. The molecule has 0 spiro atoms.